The van der Waals surface area contributed by atoms with Crippen molar-refractivity contribution >= 4 is 28.2 Å². The number of thiocarbonyl (C=S) groups is 1. The molecule has 0 bridgehead atoms. The van der Waals surface area contributed by atoms with Crippen molar-refractivity contribution in [2.24, 2.45) is 0 Å². The molecule has 7 heteroatoms. The topological polar surface area (TPSA) is 66.6 Å². The summed E-state index contributed by atoms with van der Waals surface area (Å²) in [5.41, 5.74) is 1.45. The van der Waals surface area contributed by atoms with E-state index in [2.05, 4.69) is 15.2 Å². The van der Waals surface area contributed by atoms with Crippen LogP contribution in [0, 0.1) is 0 Å². The molecule has 0 unspecified atom stereocenters. The second kappa shape index (κ2) is 9.89. The van der Waals surface area contributed by atoms with Crippen molar-refractivity contribution in [2.75, 3.05) is 26.9 Å². The van der Waals surface area contributed by atoms with E-state index in [9.17, 15) is 4.79 Å². The maximum atomic E-state index is 12.7. The van der Waals surface area contributed by atoms with Gasteiger partial charge in [-0.25, -0.2) is 0 Å². The lowest BCUT2D eigenvalue weighted by molar-refractivity contribution is 0.201. The number of nitrogens with one attached hydrogen (secondary N) is 2. The highest BCUT2D eigenvalue weighted by Gasteiger charge is 2.25. The van der Waals surface area contributed by atoms with Crippen molar-refractivity contribution in [1.29, 1.82) is 0 Å². The zero-order valence-corrected chi connectivity index (χ0v) is 17.4. The maximum absolute atomic E-state index is 12.7. The van der Waals surface area contributed by atoms with Gasteiger partial charge in [0.25, 0.3) is 5.56 Å². The number of methoxy groups -OCH3 is 1. The number of hydrogen-bond donors (Lipinski definition) is 2. The molecule has 6 nitrogen and oxygen atoms in total. The van der Waals surface area contributed by atoms with Gasteiger partial charge in [-0.2, -0.15) is 0 Å². The molecule has 2 N–H and O–H groups in total. The lowest BCUT2D eigenvalue weighted by atomic mass is 10.1. The van der Waals surface area contributed by atoms with Crippen LogP contribution in [0.15, 0.2) is 29.1 Å². The fourth-order valence-electron chi connectivity index (χ4n) is 3.73. The van der Waals surface area contributed by atoms with Gasteiger partial charge in [0.05, 0.1) is 19.8 Å². The number of aromatic amines is 1. The number of fused-ring (bicyclic) bond motifs is 1. The van der Waals surface area contributed by atoms with Gasteiger partial charge in [0.2, 0.25) is 0 Å². The van der Waals surface area contributed by atoms with Crippen LogP contribution in [0.1, 0.15) is 38.2 Å². The molecular formula is C21H29N3O3S. The summed E-state index contributed by atoms with van der Waals surface area (Å²) in [7, 11) is 1.67. The minimum absolute atomic E-state index is 0.0700. The van der Waals surface area contributed by atoms with E-state index in [1.807, 2.05) is 31.2 Å². The van der Waals surface area contributed by atoms with E-state index in [0.29, 0.717) is 43.0 Å². The Labute approximate surface area is 171 Å². The van der Waals surface area contributed by atoms with Crippen LogP contribution in [-0.4, -0.2) is 47.9 Å². The zero-order valence-electron chi connectivity index (χ0n) is 16.6. The van der Waals surface area contributed by atoms with E-state index in [-0.39, 0.29) is 5.56 Å². The Morgan fingerprint density at radius 3 is 2.82 bits per heavy atom. The van der Waals surface area contributed by atoms with Gasteiger partial charge in [-0.1, -0.05) is 12.8 Å². The van der Waals surface area contributed by atoms with Gasteiger partial charge in [0.15, 0.2) is 5.11 Å². The predicted molar refractivity (Wildman–Crippen MR) is 116 cm³/mol. The number of ether oxygens (including phenoxy) is 2. The van der Waals surface area contributed by atoms with Crippen molar-refractivity contribution in [2.45, 2.75) is 45.2 Å². The van der Waals surface area contributed by atoms with Crippen LogP contribution < -0.4 is 15.6 Å². The smallest absolute Gasteiger partial charge is 0.253 e. The van der Waals surface area contributed by atoms with Crippen molar-refractivity contribution in [3.8, 4) is 5.75 Å². The molecule has 0 aliphatic heterocycles. The quantitative estimate of drug-likeness (QED) is 0.521. The van der Waals surface area contributed by atoms with E-state index in [4.69, 9.17) is 21.7 Å². The first kappa shape index (κ1) is 20.6. The van der Waals surface area contributed by atoms with Gasteiger partial charge in [0, 0.05) is 36.2 Å². The molecule has 1 aromatic heterocycles. The van der Waals surface area contributed by atoms with Crippen LogP contribution in [-0.2, 0) is 11.3 Å². The fourth-order valence-corrected chi connectivity index (χ4v) is 4.05. The second-order valence-corrected chi connectivity index (χ2v) is 7.48. The highest BCUT2D eigenvalue weighted by atomic mass is 32.1. The highest BCUT2D eigenvalue weighted by Crippen LogP contribution is 2.25. The largest absolute Gasteiger partial charge is 0.494 e. The molecule has 28 heavy (non-hydrogen) atoms. The van der Waals surface area contributed by atoms with E-state index in [1.54, 1.807) is 7.11 Å². The molecule has 1 fully saturated rings. The normalized spacial score (nSPS) is 14.4. The van der Waals surface area contributed by atoms with Crippen molar-refractivity contribution < 1.29 is 9.47 Å². The summed E-state index contributed by atoms with van der Waals surface area (Å²) in [6, 6.07) is 8.05. The van der Waals surface area contributed by atoms with Crippen LogP contribution in [0.4, 0.5) is 0 Å². The van der Waals surface area contributed by atoms with Crippen LogP contribution in [0.5, 0.6) is 5.75 Å². The average molecular weight is 404 g/mol. The summed E-state index contributed by atoms with van der Waals surface area (Å²) in [5.74, 6) is 0.803. The standard InChI is InChI=1S/C21H29N3O3S/c1-3-27-18-8-9-19-15(13-18)12-16(20(25)23-19)14-24(17-6-4-5-7-17)21(28)22-10-11-26-2/h8-9,12-13,17H,3-7,10-11,14H2,1-2H3,(H,22,28)(H,23,25). The Kier molecular flexibility index (Phi) is 7.28. The van der Waals surface area contributed by atoms with Crippen molar-refractivity contribution in [3.63, 3.8) is 0 Å². The molecule has 0 spiro atoms. The van der Waals surface area contributed by atoms with Crippen LogP contribution in [0.3, 0.4) is 0 Å². The van der Waals surface area contributed by atoms with E-state index in [0.717, 1.165) is 29.5 Å². The van der Waals surface area contributed by atoms with Gasteiger partial charge >= 0.3 is 0 Å². The third-order valence-corrected chi connectivity index (χ3v) is 5.53. The predicted octanol–water partition coefficient (Wildman–Crippen LogP) is 3.19. The Morgan fingerprint density at radius 2 is 2.11 bits per heavy atom. The van der Waals surface area contributed by atoms with Gasteiger partial charge < -0.3 is 24.7 Å². The number of nitrogens with zero attached hydrogens (tertiary/aromatic N) is 1. The van der Waals surface area contributed by atoms with Crippen molar-refractivity contribution in [3.05, 3.63) is 40.2 Å². The van der Waals surface area contributed by atoms with Gasteiger partial charge in [-0.05, 0) is 56.2 Å². The van der Waals surface area contributed by atoms with Crippen LogP contribution in [0.25, 0.3) is 10.9 Å². The molecule has 1 heterocycles. The first-order valence-electron chi connectivity index (χ1n) is 9.94. The summed E-state index contributed by atoms with van der Waals surface area (Å²) in [6.07, 6.45) is 4.61. The summed E-state index contributed by atoms with van der Waals surface area (Å²) in [5, 5.41) is 4.91. The molecule has 0 amide bonds. The van der Waals surface area contributed by atoms with Gasteiger partial charge in [-0.3, -0.25) is 4.79 Å². The average Bonchev–Trinajstić information content (AvgIpc) is 3.21. The zero-order chi connectivity index (χ0) is 19.9. The number of rotatable bonds is 8. The number of pyridine rings is 1. The Hall–Kier alpha value is -2.12. The second-order valence-electron chi connectivity index (χ2n) is 7.10. The number of H-pyrrole nitrogens is 1. The molecule has 1 aromatic carbocycles. The highest BCUT2D eigenvalue weighted by molar-refractivity contribution is 7.80. The van der Waals surface area contributed by atoms with E-state index < -0.39 is 0 Å². The van der Waals surface area contributed by atoms with Crippen LogP contribution in [0.2, 0.25) is 0 Å². The maximum Gasteiger partial charge on any atom is 0.253 e. The Morgan fingerprint density at radius 1 is 1.32 bits per heavy atom. The molecule has 0 atom stereocenters. The lowest BCUT2D eigenvalue weighted by Crippen LogP contribution is -2.46. The first-order valence-corrected chi connectivity index (χ1v) is 10.4. The summed E-state index contributed by atoms with van der Waals surface area (Å²) in [6.45, 7) is 4.31. The van der Waals surface area contributed by atoms with Crippen LogP contribution >= 0.6 is 12.2 Å². The molecule has 3 rings (SSSR count). The number of hydrogen-bond acceptors (Lipinski definition) is 4. The molecule has 1 aliphatic rings. The third kappa shape index (κ3) is 5.02. The molecule has 0 saturated heterocycles. The summed E-state index contributed by atoms with van der Waals surface area (Å²) < 4.78 is 10.7. The number of benzene rings is 1. The molecule has 0 radical (unpaired) electrons. The fraction of sp³-hybridized carbons (Fsp3) is 0.524. The molecule has 152 valence electrons. The molecule has 2 aromatic rings. The molecular weight excluding hydrogens is 374 g/mol. The SMILES string of the molecule is CCOc1ccc2[nH]c(=O)c(CN(C(=S)NCCOC)C3CCCC3)cc2c1. The Balaban J connectivity index is 1.85. The van der Waals surface area contributed by atoms with Gasteiger partial charge in [-0.15, -0.1) is 0 Å². The minimum Gasteiger partial charge on any atom is -0.494 e. The van der Waals surface area contributed by atoms with E-state index in [1.165, 1.54) is 12.8 Å². The molecule has 1 saturated carbocycles. The minimum atomic E-state index is -0.0700. The van der Waals surface area contributed by atoms with Gasteiger partial charge in [0.1, 0.15) is 5.75 Å². The first-order chi connectivity index (χ1) is 13.6. The Bertz CT molecular complexity index is 862. The third-order valence-electron chi connectivity index (χ3n) is 5.15. The van der Waals surface area contributed by atoms with Crippen molar-refractivity contribution in [1.82, 2.24) is 15.2 Å². The van der Waals surface area contributed by atoms with E-state index >= 15 is 0 Å². The summed E-state index contributed by atoms with van der Waals surface area (Å²) in [4.78, 5) is 17.8. The number of aromatic nitrogens is 1. The lowest BCUT2D eigenvalue weighted by Gasteiger charge is -2.31. The monoisotopic (exact) mass is 403 g/mol. The molecule has 1 aliphatic carbocycles. The summed E-state index contributed by atoms with van der Waals surface area (Å²) >= 11 is 5.65.